The summed E-state index contributed by atoms with van der Waals surface area (Å²) in [6.07, 6.45) is 0.912. The third kappa shape index (κ3) is 6.28. The van der Waals surface area contributed by atoms with Crippen molar-refractivity contribution in [3.05, 3.63) is 59.6 Å². The molecule has 9 nitrogen and oxygen atoms in total. The largest absolute Gasteiger partial charge is 0.340 e. The fraction of sp³-hybridized carbons (Fsp3) is 0.407. The summed E-state index contributed by atoms with van der Waals surface area (Å²) in [5.74, 6) is -1.46. The van der Waals surface area contributed by atoms with Crippen LogP contribution in [0, 0.1) is 11.8 Å². The molecule has 1 aliphatic rings. The van der Waals surface area contributed by atoms with Crippen LogP contribution in [0.15, 0.2) is 59.8 Å². The van der Waals surface area contributed by atoms with Gasteiger partial charge >= 0.3 is 0 Å². The Morgan fingerprint density at radius 2 is 1.89 bits per heavy atom. The predicted octanol–water partition coefficient (Wildman–Crippen LogP) is 3.57. The van der Waals surface area contributed by atoms with Crippen molar-refractivity contribution in [2.45, 2.75) is 57.3 Å². The van der Waals surface area contributed by atoms with E-state index in [0.717, 1.165) is 14.4 Å². The van der Waals surface area contributed by atoms with E-state index >= 15 is 0 Å². The number of hydrogen-bond donors (Lipinski definition) is 2. The zero-order valence-corrected chi connectivity index (χ0v) is 23.2. The third-order valence-electron chi connectivity index (χ3n) is 6.44. The van der Waals surface area contributed by atoms with E-state index in [1.54, 1.807) is 18.2 Å². The summed E-state index contributed by atoms with van der Waals surface area (Å²) >= 11 is 1.33. The fourth-order valence-corrected chi connectivity index (χ4v) is 7.01. The maximum atomic E-state index is 13.5. The first-order valence-corrected chi connectivity index (χ1v) is 14.9. The highest BCUT2D eigenvalue weighted by Gasteiger charge is 2.41. The molecule has 3 heterocycles. The number of thiophene rings is 1. The van der Waals surface area contributed by atoms with Crippen LogP contribution in [0.5, 0.6) is 0 Å². The summed E-state index contributed by atoms with van der Waals surface area (Å²) in [5.41, 5.74) is 0. The topological polar surface area (TPSA) is 126 Å². The van der Waals surface area contributed by atoms with Crippen molar-refractivity contribution < 1.29 is 22.8 Å². The Labute approximate surface area is 226 Å². The molecule has 2 unspecified atom stereocenters. The molecule has 3 atom stereocenters. The summed E-state index contributed by atoms with van der Waals surface area (Å²) in [6.45, 7) is 5.76. The number of carbonyl (C=O) groups is 3. The van der Waals surface area contributed by atoms with Crippen molar-refractivity contribution in [2.24, 2.45) is 11.8 Å². The van der Waals surface area contributed by atoms with Crippen LogP contribution in [0.1, 0.15) is 49.7 Å². The average Bonchev–Trinajstić information content (AvgIpc) is 3.27. The molecule has 2 aromatic heterocycles. The van der Waals surface area contributed by atoms with E-state index in [1.165, 1.54) is 23.6 Å². The van der Waals surface area contributed by atoms with Crippen LogP contribution in [0.4, 0.5) is 0 Å². The molecule has 0 spiro atoms. The number of rotatable bonds is 8. The molecular formula is C27H32N4O5S2. The number of benzene rings is 1. The standard InChI is InChI=1S/C27H32N4O5S2/c1-17(2)14-20(29-27(34)23-15-19-8-4-5-9-22(19)37-23)26(33)30-25-21(32)12-11-18(3)16-31(25)38(35,36)24-10-6-7-13-28-24/h4-10,13,15,17-18,20,25H,11-12,14,16H2,1-3H3,(H,29,34)(H,30,33)/t18?,20?,25-/m0/s1. The van der Waals surface area contributed by atoms with E-state index < -0.39 is 39.8 Å². The lowest BCUT2D eigenvalue weighted by Crippen LogP contribution is -2.59. The van der Waals surface area contributed by atoms with Crippen molar-refractivity contribution in [3.8, 4) is 0 Å². The van der Waals surface area contributed by atoms with E-state index in [1.807, 2.05) is 45.0 Å². The summed E-state index contributed by atoms with van der Waals surface area (Å²) < 4.78 is 29.0. The maximum Gasteiger partial charge on any atom is 0.262 e. The number of sulfonamides is 1. The van der Waals surface area contributed by atoms with Gasteiger partial charge in [0.15, 0.2) is 17.0 Å². The SMILES string of the molecule is CC(C)CC(NC(=O)c1cc2ccccc2s1)C(=O)N[C@@H]1C(=O)CCC(C)CN1S(=O)(=O)c1ccccn1. The second kappa shape index (κ2) is 11.7. The summed E-state index contributed by atoms with van der Waals surface area (Å²) in [4.78, 5) is 44.2. The molecule has 4 rings (SSSR count). The first-order chi connectivity index (χ1) is 18.1. The van der Waals surface area contributed by atoms with Crippen LogP contribution < -0.4 is 10.6 Å². The molecule has 1 aliphatic heterocycles. The lowest BCUT2D eigenvalue weighted by atomic mass is 10.0. The Hall–Kier alpha value is -3.15. The van der Waals surface area contributed by atoms with Gasteiger partial charge in [-0.05, 0) is 54.3 Å². The van der Waals surface area contributed by atoms with Gasteiger partial charge in [-0.3, -0.25) is 14.4 Å². The Morgan fingerprint density at radius 1 is 1.16 bits per heavy atom. The van der Waals surface area contributed by atoms with Crippen molar-refractivity contribution in [3.63, 3.8) is 0 Å². The highest BCUT2D eigenvalue weighted by atomic mass is 32.2. The Morgan fingerprint density at radius 3 is 2.58 bits per heavy atom. The molecule has 1 saturated heterocycles. The lowest BCUT2D eigenvalue weighted by molar-refractivity contribution is -0.131. The number of carbonyl (C=O) groups excluding carboxylic acids is 3. The number of ketones is 1. The van der Waals surface area contributed by atoms with Crippen LogP contribution in [0.25, 0.3) is 10.1 Å². The Kier molecular flexibility index (Phi) is 8.59. The van der Waals surface area contributed by atoms with Gasteiger partial charge in [0.25, 0.3) is 15.9 Å². The molecule has 3 aromatic rings. The first kappa shape index (κ1) is 27.9. The quantitative estimate of drug-likeness (QED) is 0.437. The van der Waals surface area contributed by atoms with Crippen molar-refractivity contribution >= 4 is 49.0 Å². The van der Waals surface area contributed by atoms with Gasteiger partial charge < -0.3 is 10.6 Å². The monoisotopic (exact) mass is 556 g/mol. The lowest BCUT2D eigenvalue weighted by Gasteiger charge is -2.31. The third-order valence-corrected chi connectivity index (χ3v) is 9.30. The normalized spacial score (nSPS) is 19.7. The van der Waals surface area contributed by atoms with Gasteiger partial charge in [-0.25, -0.2) is 13.4 Å². The minimum atomic E-state index is -4.17. The molecule has 0 saturated carbocycles. The van der Waals surface area contributed by atoms with Gasteiger partial charge in [0.1, 0.15) is 6.04 Å². The van der Waals surface area contributed by atoms with E-state index in [2.05, 4.69) is 15.6 Å². The maximum absolute atomic E-state index is 13.5. The van der Waals surface area contributed by atoms with Crippen LogP contribution in [0.3, 0.4) is 0 Å². The van der Waals surface area contributed by atoms with Crippen LogP contribution in [-0.4, -0.2) is 54.1 Å². The highest BCUT2D eigenvalue weighted by molar-refractivity contribution is 7.89. The second-order valence-corrected chi connectivity index (χ2v) is 13.0. The molecule has 1 aromatic carbocycles. The first-order valence-electron chi connectivity index (χ1n) is 12.6. The van der Waals surface area contributed by atoms with Crippen LogP contribution in [0.2, 0.25) is 0 Å². The van der Waals surface area contributed by atoms with Gasteiger partial charge in [0, 0.05) is 23.9 Å². The molecule has 202 valence electrons. The fourth-order valence-electron chi connectivity index (χ4n) is 4.46. The summed E-state index contributed by atoms with van der Waals surface area (Å²) in [7, 11) is -4.17. The van der Waals surface area contributed by atoms with Gasteiger partial charge in [-0.15, -0.1) is 11.3 Å². The Balaban J connectivity index is 1.59. The molecule has 38 heavy (non-hydrogen) atoms. The van der Waals surface area contributed by atoms with Crippen LogP contribution >= 0.6 is 11.3 Å². The number of fused-ring (bicyclic) bond motifs is 1. The smallest absolute Gasteiger partial charge is 0.262 e. The number of nitrogens with one attached hydrogen (secondary N) is 2. The minimum Gasteiger partial charge on any atom is -0.340 e. The highest BCUT2D eigenvalue weighted by Crippen LogP contribution is 2.26. The summed E-state index contributed by atoms with van der Waals surface area (Å²) in [6, 6.07) is 13.0. The van der Waals surface area contributed by atoms with Gasteiger partial charge in [0.2, 0.25) is 5.91 Å². The number of nitrogens with zero attached hydrogens (tertiary/aromatic N) is 2. The second-order valence-electron chi connectivity index (χ2n) is 10.1. The predicted molar refractivity (Wildman–Crippen MR) is 146 cm³/mol. The van der Waals surface area contributed by atoms with Gasteiger partial charge in [-0.1, -0.05) is 45.0 Å². The number of hydrogen-bond acceptors (Lipinski definition) is 7. The minimum absolute atomic E-state index is 0.0478. The molecule has 2 amide bonds. The number of aromatic nitrogens is 1. The Bertz CT molecular complexity index is 1390. The average molecular weight is 557 g/mol. The summed E-state index contributed by atoms with van der Waals surface area (Å²) in [5, 5.41) is 6.21. The molecule has 0 radical (unpaired) electrons. The molecule has 0 aliphatic carbocycles. The number of pyridine rings is 1. The molecular weight excluding hydrogens is 524 g/mol. The van der Waals surface area contributed by atoms with E-state index in [0.29, 0.717) is 17.7 Å². The molecule has 0 bridgehead atoms. The van der Waals surface area contributed by atoms with E-state index in [9.17, 15) is 22.8 Å². The molecule has 11 heteroatoms. The molecule has 1 fully saturated rings. The van der Waals surface area contributed by atoms with Crippen molar-refractivity contribution in [1.82, 2.24) is 19.9 Å². The number of Topliss-reactive ketones (excluding diaryl/α,β-unsaturated/α-hetero) is 1. The van der Waals surface area contributed by atoms with Gasteiger partial charge in [0.05, 0.1) is 4.88 Å². The van der Waals surface area contributed by atoms with Crippen molar-refractivity contribution in [2.75, 3.05) is 6.54 Å². The van der Waals surface area contributed by atoms with Crippen molar-refractivity contribution in [1.29, 1.82) is 0 Å². The van der Waals surface area contributed by atoms with Crippen LogP contribution in [-0.2, 0) is 19.6 Å². The van der Waals surface area contributed by atoms with Gasteiger partial charge in [-0.2, -0.15) is 4.31 Å². The number of amides is 2. The van der Waals surface area contributed by atoms with E-state index in [4.69, 9.17) is 0 Å². The molecule has 2 N–H and O–H groups in total. The van der Waals surface area contributed by atoms with E-state index in [-0.39, 0.29) is 29.8 Å². The zero-order chi connectivity index (χ0) is 27.4. The zero-order valence-electron chi connectivity index (χ0n) is 21.6.